The Hall–Kier alpha value is -10.1. The lowest BCUT2D eigenvalue weighted by atomic mass is 9.73. The van der Waals surface area contributed by atoms with E-state index in [4.69, 9.17) is 0 Å². The van der Waals surface area contributed by atoms with E-state index < -0.39 is 91.7 Å². The van der Waals surface area contributed by atoms with Gasteiger partial charge in [-0.25, -0.2) is 19.2 Å². The molecule has 23 nitrogen and oxygen atoms in total. The Morgan fingerprint density at radius 1 is 0.321 bits per heavy atom. The van der Waals surface area contributed by atoms with Crippen molar-refractivity contribution in [1.29, 1.82) is 0 Å². The SMILES string of the molecule is Cc1cccc(CC(c2ccccc2)N2CCN(C3CCCCC3)CC2)c1.Cc1cccc(CC(c2ccccc2)N2CCN(C3CCCCC3)CC2)c1.O.O.O.O=C(O)[C@](O)(C(=O)c1ccccc1)[C@](O)(C(=O)O)C(=O)c1ccccc1.O=C(O)[C@](O)(C(=O)c1ccccc1)[C@](O)(C(=O)O)C(=O)c1ccccc1. The van der Waals surface area contributed by atoms with Gasteiger partial charge in [0.1, 0.15) is 0 Å². The molecule has 2 aliphatic carbocycles. The monoisotopic (exact) mass is 1490 g/mol. The van der Waals surface area contributed by atoms with Crippen molar-refractivity contribution >= 4 is 47.0 Å². The average molecular weight is 1500 g/mol. The maximum absolute atomic E-state index is 12.6. The van der Waals surface area contributed by atoms with E-state index in [0.29, 0.717) is 12.1 Å². The minimum Gasteiger partial charge on any atom is -0.479 e. The van der Waals surface area contributed by atoms with Crippen molar-refractivity contribution in [2.45, 2.75) is 137 Å². The maximum atomic E-state index is 12.6. The summed E-state index contributed by atoms with van der Waals surface area (Å²) in [5.74, 6) is -16.1. The van der Waals surface area contributed by atoms with Crippen molar-refractivity contribution < 1.29 is 95.6 Å². The summed E-state index contributed by atoms with van der Waals surface area (Å²) in [5.41, 5.74) is -8.80. The topological polar surface area (TPSA) is 406 Å². The Bertz CT molecular complexity index is 3810. The van der Waals surface area contributed by atoms with E-state index in [1.807, 2.05) is 0 Å². The van der Waals surface area contributed by atoms with Crippen LogP contribution in [0.15, 0.2) is 231 Å². The van der Waals surface area contributed by atoms with Crippen LogP contribution in [0, 0.1) is 13.8 Å². The average Bonchev–Trinajstić information content (AvgIpc) is 0.735. The van der Waals surface area contributed by atoms with Crippen molar-refractivity contribution in [3.63, 3.8) is 0 Å². The molecule has 2 unspecified atom stereocenters. The first kappa shape index (κ1) is 87.8. The van der Waals surface area contributed by atoms with Crippen molar-refractivity contribution in [2.24, 2.45) is 0 Å². The number of piperazine rings is 2. The van der Waals surface area contributed by atoms with Gasteiger partial charge in [-0.15, -0.1) is 0 Å². The standard InChI is InChI=1S/2C25H34N2.2C18H14O8.3H2O/c2*1-21-9-8-10-22(19-21)20-25(23-11-4-2-5-12-23)27-17-15-26(16-18-27)24-13-6-3-7-14-24;2*19-13(11-7-3-1-4-8-11)17(25,15(21)22)18(26,16(23)24)14(20)12-9-5-2-6-10-12;;;/h2*2,4-5,8-12,19,24-25H,3,6-7,13-18,20H2,1H3;2*1-10,25-26H,(H,21,22)(H,23,24);3*1H2/t;;2*17-,18-;;;/m..11.../s1. The van der Waals surface area contributed by atoms with Crippen LogP contribution in [-0.4, -0.2) is 211 Å². The van der Waals surface area contributed by atoms with Crippen LogP contribution in [-0.2, 0) is 32.0 Å². The molecule has 0 aromatic heterocycles. The number of carboxylic acids is 4. The van der Waals surface area contributed by atoms with Crippen molar-refractivity contribution in [3.05, 3.63) is 286 Å². The van der Waals surface area contributed by atoms with Gasteiger partial charge < -0.3 is 57.3 Å². The molecule has 23 heteroatoms. The van der Waals surface area contributed by atoms with E-state index >= 15 is 0 Å². The first-order valence-corrected chi connectivity index (χ1v) is 36.3. The number of carboxylic acid groups (broad SMARTS) is 4. The van der Waals surface area contributed by atoms with Crippen molar-refractivity contribution in [2.75, 3.05) is 52.4 Å². The Morgan fingerprint density at radius 3 is 0.771 bits per heavy atom. The molecule has 6 atom stereocenters. The molecule has 0 amide bonds. The minimum absolute atomic E-state index is 0. The molecule has 2 aliphatic heterocycles. The molecular weight excluding hydrogens is 1390 g/mol. The predicted octanol–water partition coefficient (Wildman–Crippen LogP) is 8.75. The highest BCUT2D eigenvalue weighted by atomic mass is 16.5. The smallest absolute Gasteiger partial charge is 0.348 e. The van der Waals surface area contributed by atoms with Crippen LogP contribution in [0.5, 0.6) is 0 Å². The maximum Gasteiger partial charge on any atom is 0.348 e. The van der Waals surface area contributed by atoms with Gasteiger partial charge >= 0.3 is 23.9 Å². The number of hydrogen-bond acceptors (Lipinski definition) is 16. The second-order valence-electron chi connectivity index (χ2n) is 27.8. The largest absolute Gasteiger partial charge is 0.479 e. The Labute approximate surface area is 635 Å². The fourth-order valence-corrected chi connectivity index (χ4v) is 15.0. The summed E-state index contributed by atoms with van der Waals surface area (Å²) in [6.45, 7) is 14.1. The zero-order valence-electron chi connectivity index (χ0n) is 61.5. The molecule has 2 saturated heterocycles. The van der Waals surface area contributed by atoms with E-state index in [1.165, 1.54) is 223 Å². The van der Waals surface area contributed by atoms with E-state index in [1.54, 1.807) is 0 Å². The minimum atomic E-state index is -3.95. The van der Waals surface area contributed by atoms with Crippen LogP contribution >= 0.6 is 0 Å². The first-order valence-electron chi connectivity index (χ1n) is 36.3. The second kappa shape index (κ2) is 40.9. The molecule has 8 aromatic rings. The van der Waals surface area contributed by atoms with Gasteiger partial charge in [-0.05, 0) is 74.6 Å². The third-order valence-electron chi connectivity index (χ3n) is 20.9. The highest BCUT2D eigenvalue weighted by molar-refractivity contribution is 6.29. The van der Waals surface area contributed by atoms with Gasteiger partial charge in [0, 0.05) is 98.8 Å². The van der Waals surface area contributed by atoms with E-state index in [-0.39, 0.29) is 16.4 Å². The van der Waals surface area contributed by atoms with Gasteiger partial charge in [-0.2, -0.15) is 0 Å². The molecule has 580 valence electrons. The third-order valence-corrected chi connectivity index (χ3v) is 20.9. The summed E-state index contributed by atoms with van der Waals surface area (Å²) in [6, 6.07) is 68.7. The Balaban J connectivity index is 0.000000225. The lowest BCUT2D eigenvalue weighted by molar-refractivity contribution is -0.187. The number of carbonyl (C=O) groups is 8. The number of aliphatic hydroxyl groups is 4. The van der Waals surface area contributed by atoms with Crippen LogP contribution in [0.1, 0.15) is 151 Å². The number of carbonyl (C=O) groups excluding carboxylic acids is 4. The molecule has 2 saturated carbocycles. The van der Waals surface area contributed by atoms with Crippen molar-refractivity contribution in [3.8, 4) is 0 Å². The molecule has 0 bridgehead atoms. The molecule has 12 rings (SSSR count). The fourth-order valence-electron chi connectivity index (χ4n) is 15.0. The van der Waals surface area contributed by atoms with Gasteiger partial charge in [0.25, 0.3) is 22.4 Å². The van der Waals surface area contributed by atoms with E-state index in [0.717, 1.165) is 73.5 Å². The molecule has 0 radical (unpaired) electrons. The number of hydrogen-bond donors (Lipinski definition) is 8. The Kier molecular flexibility index (Phi) is 32.9. The van der Waals surface area contributed by atoms with Crippen LogP contribution in [0.4, 0.5) is 0 Å². The van der Waals surface area contributed by atoms with Crippen LogP contribution in [0.25, 0.3) is 0 Å². The number of ketones is 4. The lowest BCUT2D eigenvalue weighted by Gasteiger charge is -2.43. The summed E-state index contributed by atoms with van der Waals surface area (Å²) >= 11 is 0. The number of rotatable bonds is 24. The van der Waals surface area contributed by atoms with Crippen LogP contribution < -0.4 is 0 Å². The lowest BCUT2D eigenvalue weighted by Crippen LogP contribution is -2.71. The first-order chi connectivity index (χ1) is 50.9. The summed E-state index contributed by atoms with van der Waals surface area (Å²) in [7, 11) is 0. The van der Waals surface area contributed by atoms with Crippen LogP contribution in [0.3, 0.4) is 0 Å². The zero-order valence-corrected chi connectivity index (χ0v) is 61.5. The van der Waals surface area contributed by atoms with E-state index in [2.05, 4.69) is 143 Å². The number of Topliss-reactive ketones (excluding diaryl/α,β-unsaturated/α-hetero) is 4. The van der Waals surface area contributed by atoms with Gasteiger partial charge in [0.15, 0.2) is 0 Å². The molecule has 2 heterocycles. The van der Waals surface area contributed by atoms with Gasteiger partial charge in [-0.1, -0.05) is 280 Å². The fraction of sp³-hybridized carbons (Fsp3) is 0.349. The second-order valence-corrected chi connectivity index (χ2v) is 27.8. The highest BCUT2D eigenvalue weighted by Crippen LogP contribution is 2.36. The van der Waals surface area contributed by atoms with Gasteiger partial charge in [0.05, 0.1) is 0 Å². The third kappa shape index (κ3) is 20.8. The molecule has 14 N–H and O–H groups in total. The van der Waals surface area contributed by atoms with E-state index in [9.17, 15) is 79.2 Å². The summed E-state index contributed by atoms with van der Waals surface area (Å²) < 4.78 is 0. The van der Waals surface area contributed by atoms with Crippen molar-refractivity contribution in [1.82, 2.24) is 19.6 Å². The number of aryl methyl sites for hydroxylation is 2. The number of aliphatic carboxylic acids is 4. The molecule has 109 heavy (non-hydrogen) atoms. The Morgan fingerprint density at radius 2 is 0.550 bits per heavy atom. The summed E-state index contributed by atoms with van der Waals surface area (Å²) in [6.07, 6.45) is 16.5. The predicted molar refractivity (Wildman–Crippen MR) is 412 cm³/mol. The number of nitrogens with zero attached hydrogens (tertiary/aromatic N) is 4. The zero-order chi connectivity index (χ0) is 76.0. The molecule has 4 aliphatic rings. The quantitative estimate of drug-likeness (QED) is 0.0207. The molecular formula is C86H102N4O19. The summed E-state index contributed by atoms with van der Waals surface area (Å²) in [5, 5.41) is 79.7. The molecule has 0 spiro atoms. The highest BCUT2D eigenvalue weighted by Gasteiger charge is 2.71. The number of benzene rings is 8. The molecule has 8 aromatic carbocycles. The van der Waals surface area contributed by atoms with Gasteiger partial charge in [-0.3, -0.25) is 38.8 Å². The summed E-state index contributed by atoms with van der Waals surface area (Å²) in [4.78, 5) is 108. The normalized spacial score (nSPS) is 17.8. The molecule has 4 fully saturated rings. The van der Waals surface area contributed by atoms with Crippen LogP contribution in [0.2, 0.25) is 0 Å². The van der Waals surface area contributed by atoms with Gasteiger partial charge in [0.2, 0.25) is 23.1 Å².